The van der Waals surface area contributed by atoms with Crippen molar-refractivity contribution in [1.29, 1.82) is 0 Å². The van der Waals surface area contributed by atoms with Gasteiger partial charge in [0.15, 0.2) is 11.4 Å². The van der Waals surface area contributed by atoms with E-state index in [0.29, 0.717) is 0 Å². The number of hydrogen-bond acceptors (Lipinski definition) is 3. The van der Waals surface area contributed by atoms with Gasteiger partial charge in [-0.3, -0.25) is 0 Å². The average Bonchev–Trinajstić information content (AvgIpc) is 2.88. The summed E-state index contributed by atoms with van der Waals surface area (Å²) in [5, 5.41) is 4.26. The highest BCUT2D eigenvalue weighted by Crippen LogP contribution is 2.20. The SMILES string of the molecule is Cc1cnn2c(C)cc(-c3ccco3)nc12. The molecular formula is C12H11N3O. The number of aromatic nitrogens is 3. The summed E-state index contributed by atoms with van der Waals surface area (Å²) in [4.78, 5) is 4.54. The fraction of sp³-hybridized carbons (Fsp3) is 0.167. The largest absolute Gasteiger partial charge is 0.463 e. The lowest BCUT2D eigenvalue weighted by Crippen LogP contribution is -1.97. The maximum absolute atomic E-state index is 5.35. The van der Waals surface area contributed by atoms with Crippen molar-refractivity contribution in [3.63, 3.8) is 0 Å². The van der Waals surface area contributed by atoms with E-state index in [1.807, 2.05) is 42.8 Å². The van der Waals surface area contributed by atoms with Crippen molar-refractivity contribution in [2.45, 2.75) is 13.8 Å². The molecule has 0 aliphatic rings. The van der Waals surface area contributed by atoms with Gasteiger partial charge in [0.25, 0.3) is 0 Å². The van der Waals surface area contributed by atoms with Gasteiger partial charge in [-0.1, -0.05) is 0 Å². The van der Waals surface area contributed by atoms with Crippen molar-refractivity contribution < 1.29 is 4.42 Å². The fourth-order valence-electron chi connectivity index (χ4n) is 1.77. The van der Waals surface area contributed by atoms with Crippen LogP contribution in [0.1, 0.15) is 11.3 Å². The lowest BCUT2D eigenvalue weighted by Gasteiger charge is -2.02. The zero-order valence-electron chi connectivity index (χ0n) is 9.14. The molecule has 0 aliphatic carbocycles. The van der Waals surface area contributed by atoms with Gasteiger partial charge in [-0.15, -0.1) is 0 Å². The molecule has 0 spiro atoms. The molecule has 0 fully saturated rings. The maximum atomic E-state index is 5.35. The van der Waals surface area contributed by atoms with E-state index in [-0.39, 0.29) is 0 Å². The summed E-state index contributed by atoms with van der Waals surface area (Å²) >= 11 is 0. The summed E-state index contributed by atoms with van der Waals surface area (Å²) in [6.07, 6.45) is 3.47. The summed E-state index contributed by atoms with van der Waals surface area (Å²) in [7, 11) is 0. The Morgan fingerprint density at radius 2 is 2.19 bits per heavy atom. The van der Waals surface area contributed by atoms with Crippen LogP contribution in [0.3, 0.4) is 0 Å². The van der Waals surface area contributed by atoms with E-state index >= 15 is 0 Å². The predicted octanol–water partition coefficient (Wildman–Crippen LogP) is 2.61. The molecule has 0 N–H and O–H groups in total. The normalized spacial score (nSPS) is 11.1. The zero-order chi connectivity index (χ0) is 11.1. The van der Waals surface area contributed by atoms with Gasteiger partial charge in [0.05, 0.1) is 12.5 Å². The Labute approximate surface area is 92.5 Å². The molecule has 0 aromatic carbocycles. The van der Waals surface area contributed by atoms with Crippen LogP contribution >= 0.6 is 0 Å². The Hall–Kier alpha value is -2.10. The molecule has 0 bridgehead atoms. The molecule has 4 heteroatoms. The van der Waals surface area contributed by atoms with Gasteiger partial charge in [0.1, 0.15) is 5.69 Å². The first-order chi connectivity index (χ1) is 7.75. The molecule has 3 aromatic rings. The topological polar surface area (TPSA) is 43.3 Å². The van der Waals surface area contributed by atoms with Gasteiger partial charge in [-0.2, -0.15) is 5.10 Å². The van der Waals surface area contributed by atoms with Crippen molar-refractivity contribution in [3.05, 3.63) is 41.9 Å². The third-order valence-electron chi connectivity index (χ3n) is 2.60. The third kappa shape index (κ3) is 1.23. The highest BCUT2D eigenvalue weighted by Gasteiger charge is 2.09. The number of nitrogens with zero attached hydrogens (tertiary/aromatic N) is 3. The smallest absolute Gasteiger partial charge is 0.158 e. The van der Waals surface area contributed by atoms with E-state index in [9.17, 15) is 0 Å². The van der Waals surface area contributed by atoms with Crippen LogP contribution in [0.15, 0.2) is 35.1 Å². The molecule has 3 heterocycles. The van der Waals surface area contributed by atoms with Crippen LogP contribution in [-0.4, -0.2) is 14.6 Å². The molecule has 0 saturated heterocycles. The van der Waals surface area contributed by atoms with Crippen LogP contribution in [-0.2, 0) is 0 Å². The Kier molecular flexibility index (Phi) is 1.83. The van der Waals surface area contributed by atoms with Crippen molar-refractivity contribution >= 4 is 5.65 Å². The predicted molar refractivity (Wildman–Crippen MR) is 60.2 cm³/mol. The van der Waals surface area contributed by atoms with Gasteiger partial charge in [0, 0.05) is 11.3 Å². The lowest BCUT2D eigenvalue weighted by molar-refractivity contribution is 0.580. The van der Waals surface area contributed by atoms with Crippen LogP contribution in [0.25, 0.3) is 17.1 Å². The minimum Gasteiger partial charge on any atom is -0.463 e. The summed E-state index contributed by atoms with van der Waals surface area (Å²) in [5.74, 6) is 0.784. The molecule has 0 unspecified atom stereocenters. The minimum atomic E-state index is 0.784. The van der Waals surface area contributed by atoms with Crippen molar-refractivity contribution in [2.24, 2.45) is 0 Å². The number of hydrogen-bond donors (Lipinski definition) is 0. The second kappa shape index (κ2) is 3.20. The number of rotatable bonds is 1. The summed E-state index contributed by atoms with van der Waals surface area (Å²) in [6, 6.07) is 5.74. The van der Waals surface area contributed by atoms with Crippen LogP contribution in [0, 0.1) is 13.8 Å². The van der Waals surface area contributed by atoms with Crippen molar-refractivity contribution in [2.75, 3.05) is 0 Å². The van der Waals surface area contributed by atoms with Gasteiger partial charge in [-0.25, -0.2) is 9.50 Å². The molecule has 0 atom stereocenters. The van der Waals surface area contributed by atoms with Crippen molar-refractivity contribution in [3.8, 4) is 11.5 Å². The van der Waals surface area contributed by atoms with Crippen LogP contribution in [0.4, 0.5) is 0 Å². The molecule has 0 aliphatic heterocycles. The van der Waals surface area contributed by atoms with E-state index in [1.165, 1.54) is 0 Å². The first kappa shape index (κ1) is 9.15. The number of aryl methyl sites for hydroxylation is 2. The molecule has 80 valence electrons. The van der Waals surface area contributed by atoms with E-state index < -0.39 is 0 Å². The Bertz CT molecular complexity index is 638. The molecule has 3 aromatic heterocycles. The molecule has 0 radical (unpaired) electrons. The maximum Gasteiger partial charge on any atom is 0.158 e. The molecule has 4 nitrogen and oxygen atoms in total. The summed E-state index contributed by atoms with van der Waals surface area (Å²) < 4.78 is 7.18. The standard InChI is InChI=1S/C12H11N3O/c1-8-7-13-15-9(2)6-10(14-12(8)15)11-4-3-5-16-11/h3-7H,1-2H3. The first-order valence-corrected chi connectivity index (χ1v) is 5.11. The second-order valence-corrected chi connectivity index (χ2v) is 3.82. The van der Waals surface area contributed by atoms with Gasteiger partial charge >= 0.3 is 0 Å². The Morgan fingerprint density at radius 1 is 1.31 bits per heavy atom. The molecule has 3 rings (SSSR count). The second-order valence-electron chi connectivity index (χ2n) is 3.82. The molecule has 0 saturated carbocycles. The number of furan rings is 1. The fourth-order valence-corrected chi connectivity index (χ4v) is 1.77. The van der Waals surface area contributed by atoms with E-state index in [0.717, 1.165) is 28.4 Å². The molecule has 0 amide bonds. The number of fused-ring (bicyclic) bond motifs is 1. The van der Waals surface area contributed by atoms with E-state index in [1.54, 1.807) is 6.26 Å². The first-order valence-electron chi connectivity index (χ1n) is 5.11. The third-order valence-corrected chi connectivity index (χ3v) is 2.60. The van der Waals surface area contributed by atoms with Crippen LogP contribution in [0.2, 0.25) is 0 Å². The summed E-state index contributed by atoms with van der Waals surface area (Å²) in [5.41, 5.74) is 3.84. The van der Waals surface area contributed by atoms with E-state index in [4.69, 9.17) is 4.42 Å². The summed E-state index contributed by atoms with van der Waals surface area (Å²) in [6.45, 7) is 4.01. The average molecular weight is 213 g/mol. The monoisotopic (exact) mass is 213 g/mol. The lowest BCUT2D eigenvalue weighted by atomic mass is 10.2. The zero-order valence-corrected chi connectivity index (χ0v) is 9.14. The van der Waals surface area contributed by atoms with Crippen LogP contribution in [0.5, 0.6) is 0 Å². The minimum absolute atomic E-state index is 0.784. The van der Waals surface area contributed by atoms with Crippen LogP contribution < -0.4 is 0 Å². The Morgan fingerprint density at radius 3 is 2.94 bits per heavy atom. The van der Waals surface area contributed by atoms with Gasteiger partial charge in [0.2, 0.25) is 0 Å². The quantitative estimate of drug-likeness (QED) is 0.624. The highest BCUT2D eigenvalue weighted by molar-refractivity contribution is 5.58. The van der Waals surface area contributed by atoms with Gasteiger partial charge in [-0.05, 0) is 32.0 Å². The molecule has 16 heavy (non-hydrogen) atoms. The van der Waals surface area contributed by atoms with Gasteiger partial charge < -0.3 is 4.42 Å². The molecular weight excluding hydrogens is 202 g/mol. The Balaban J connectivity index is 2.32. The highest BCUT2D eigenvalue weighted by atomic mass is 16.3. The van der Waals surface area contributed by atoms with Crippen molar-refractivity contribution in [1.82, 2.24) is 14.6 Å². The van der Waals surface area contributed by atoms with E-state index in [2.05, 4.69) is 10.1 Å².